The minimum absolute atomic E-state index is 0.0683. The van der Waals surface area contributed by atoms with Crippen molar-refractivity contribution in [3.8, 4) is 0 Å². The first-order chi connectivity index (χ1) is 9.06. The standard InChI is InChI=1S/C15H23FN2O/c1-15(19-2)6-3-7-18(11-15)10-12-4-5-14(16)8-13(12)9-17/h4-5,8H,3,6-7,9-11,17H2,1-2H3. The summed E-state index contributed by atoms with van der Waals surface area (Å²) in [6.07, 6.45) is 2.22. The molecule has 1 saturated heterocycles. The summed E-state index contributed by atoms with van der Waals surface area (Å²) in [5.41, 5.74) is 7.63. The quantitative estimate of drug-likeness (QED) is 0.908. The summed E-state index contributed by atoms with van der Waals surface area (Å²) in [4.78, 5) is 2.36. The zero-order valence-electron chi connectivity index (χ0n) is 11.8. The van der Waals surface area contributed by atoms with Crippen LogP contribution in [0.25, 0.3) is 0 Å². The van der Waals surface area contributed by atoms with Crippen molar-refractivity contribution in [1.82, 2.24) is 4.90 Å². The van der Waals surface area contributed by atoms with E-state index in [1.54, 1.807) is 7.11 Å². The summed E-state index contributed by atoms with van der Waals surface area (Å²) >= 11 is 0. The molecule has 1 unspecified atom stereocenters. The molecule has 106 valence electrons. The summed E-state index contributed by atoms with van der Waals surface area (Å²) in [6.45, 7) is 5.30. The SMILES string of the molecule is COC1(C)CCCN(Cc2ccc(F)cc2CN)C1. The minimum Gasteiger partial charge on any atom is -0.377 e. The summed E-state index contributed by atoms with van der Waals surface area (Å²) < 4.78 is 18.8. The Labute approximate surface area is 114 Å². The summed E-state index contributed by atoms with van der Waals surface area (Å²) in [7, 11) is 1.77. The summed E-state index contributed by atoms with van der Waals surface area (Å²) in [5, 5.41) is 0. The summed E-state index contributed by atoms with van der Waals surface area (Å²) in [6, 6.07) is 4.89. The van der Waals surface area contributed by atoms with Gasteiger partial charge in [-0.25, -0.2) is 4.39 Å². The van der Waals surface area contributed by atoms with Gasteiger partial charge in [0.1, 0.15) is 5.82 Å². The Balaban J connectivity index is 2.08. The molecule has 1 fully saturated rings. The van der Waals surface area contributed by atoms with Gasteiger partial charge in [0.05, 0.1) is 5.60 Å². The van der Waals surface area contributed by atoms with E-state index in [1.165, 1.54) is 12.1 Å². The van der Waals surface area contributed by atoms with Crippen LogP contribution in [0.15, 0.2) is 18.2 Å². The molecule has 1 aliphatic heterocycles. The lowest BCUT2D eigenvalue weighted by molar-refractivity contribution is -0.0527. The molecule has 0 saturated carbocycles. The van der Waals surface area contributed by atoms with Crippen LogP contribution in [-0.4, -0.2) is 30.7 Å². The molecular weight excluding hydrogens is 243 g/mol. The van der Waals surface area contributed by atoms with Gasteiger partial charge in [-0.15, -0.1) is 0 Å². The second-order valence-electron chi connectivity index (χ2n) is 5.59. The highest BCUT2D eigenvalue weighted by molar-refractivity contribution is 5.27. The number of methoxy groups -OCH3 is 1. The zero-order valence-corrected chi connectivity index (χ0v) is 11.8. The molecule has 0 amide bonds. The van der Waals surface area contributed by atoms with Gasteiger partial charge in [0.2, 0.25) is 0 Å². The van der Waals surface area contributed by atoms with Crippen LogP contribution < -0.4 is 5.73 Å². The van der Waals surface area contributed by atoms with Crippen molar-refractivity contribution in [3.05, 3.63) is 35.1 Å². The van der Waals surface area contributed by atoms with Crippen molar-refractivity contribution in [2.24, 2.45) is 5.73 Å². The molecule has 19 heavy (non-hydrogen) atoms. The van der Waals surface area contributed by atoms with E-state index in [-0.39, 0.29) is 11.4 Å². The van der Waals surface area contributed by atoms with Gasteiger partial charge >= 0.3 is 0 Å². The average Bonchev–Trinajstić information content (AvgIpc) is 2.41. The first-order valence-electron chi connectivity index (χ1n) is 6.81. The largest absolute Gasteiger partial charge is 0.377 e. The molecule has 0 radical (unpaired) electrons. The lowest BCUT2D eigenvalue weighted by Crippen LogP contribution is -2.46. The lowest BCUT2D eigenvalue weighted by Gasteiger charge is -2.39. The molecule has 1 atom stereocenters. The van der Waals surface area contributed by atoms with Crippen LogP contribution in [0.5, 0.6) is 0 Å². The number of halogens is 1. The highest BCUT2D eigenvalue weighted by Crippen LogP contribution is 2.25. The highest BCUT2D eigenvalue weighted by Gasteiger charge is 2.30. The van der Waals surface area contributed by atoms with E-state index in [0.29, 0.717) is 6.54 Å². The fourth-order valence-corrected chi connectivity index (χ4v) is 2.79. The first kappa shape index (κ1) is 14.4. The van der Waals surface area contributed by atoms with E-state index in [2.05, 4.69) is 11.8 Å². The monoisotopic (exact) mass is 266 g/mol. The number of nitrogens with two attached hydrogens (primary N) is 1. The van der Waals surface area contributed by atoms with Gasteiger partial charge in [-0.2, -0.15) is 0 Å². The minimum atomic E-state index is -0.218. The second-order valence-corrected chi connectivity index (χ2v) is 5.59. The highest BCUT2D eigenvalue weighted by atomic mass is 19.1. The molecule has 0 bridgehead atoms. The molecule has 1 aromatic rings. The van der Waals surface area contributed by atoms with Crippen LogP contribution >= 0.6 is 0 Å². The number of hydrogen-bond donors (Lipinski definition) is 1. The predicted molar refractivity (Wildman–Crippen MR) is 74.2 cm³/mol. The van der Waals surface area contributed by atoms with Gasteiger partial charge in [-0.05, 0) is 49.6 Å². The molecule has 1 aromatic carbocycles. The van der Waals surface area contributed by atoms with Gasteiger partial charge in [0.25, 0.3) is 0 Å². The Kier molecular flexibility index (Phi) is 4.55. The average molecular weight is 266 g/mol. The van der Waals surface area contributed by atoms with E-state index in [1.807, 2.05) is 6.07 Å². The van der Waals surface area contributed by atoms with Crippen molar-refractivity contribution >= 4 is 0 Å². The Hall–Kier alpha value is -0.970. The van der Waals surface area contributed by atoms with Gasteiger partial charge < -0.3 is 10.5 Å². The van der Waals surface area contributed by atoms with Crippen molar-refractivity contribution in [2.75, 3.05) is 20.2 Å². The normalized spacial score (nSPS) is 24.6. The molecular formula is C15H23FN2O. The van der Waals surface area contributed by atoms with Gasteiger partial charge in [0, 0.05) is 26.7 Å². The predicted octanol–water partition coefficient (Wildman–Crippen LogP) is 2.29. The van der Waals surface area contributed by atoms with Crippen LogP contribution in [0.3, 0.4) is 0 Å². The smallest absolute Gasteiger partial charge is 0.123 e. The maximum absolute atomic E-state index is 13.2. The Morgan fingerprint density at radius 3 is 2.89 bits per heavy atom. The molecule has 0 spiro atoms. The number of ether oxygens (including phenoxy) is 1. The van der Waals surface area contributed by atoms with Gasteiger partial charge in [-0.3, -0.25) is 4.90 Å². The maximum atomic E-state index is 13.2. The molecule has 3 nitrogen and oxygen atoms in total. The van der Waals surface area contributed by atoms with Crippen LogP contribution in [0.4, 0.5) is 4.39 Å². The zero-order chi connectivity index (χ0) is 13.9. The topological polar surface area (TPSA) is 38.5 Å². The molecule has 1 heterocycles. The first-order valence-corrected chi connectivity index (χ1v) is 6.81. The Morgan fingerprint density at radius 2 is 2.21 bits per heavy atom. The van der Waals surface area contributed by atoms with Crippen molar-refractivity contribution in [1.29, 1.82) is 0 Å². The number of hydrogen-bond acceptors (Lipinski definition) is 3. The molecule has 4 heteroatoms. The number of rotatable bonds is 4. The second kappa shape index (κ2) is 5.99. The van der Waals surface area contributed by atoms with E-state index in [9.17, 15) is 4.39 Å². The van der Waals surface area contributed by atoms with Crippen LogP contribution in [0.2, 0.25) is 0 Å². The van der Waals surface area contributed by atoms with E-state index < -0.39 is 0 Å². The fourth-order valence-electron chi connectivity index (χ4n) is 2.79. The molecule has 0 aliphatic carbocycles. The number of piperidine rings is 1. The molecule has 2 N–H and O–H groups in total. The fraction of sp³-hybridized carbons (Fsp3) is 0.600. The third-order valence-electron chi connectivity index (χ3n) is 4.01. The van der Waals surface area contributed by atoms with Gasteiger partial charge in [0.15, 0.2) is 0 Å². The van der Waals surface area contributed by atoms with Crippen LogP contribution in [-0.2, 0) is 17.8 Å². The molecule has 2 rings (SSSR count). The van der Waals surface area contributed by atoms with Crippen molar-refractivity contribution in [2.45, 2.75) is 38.5 Å². The third kappa shape index (κ3) is 3.53. The lowest BCUT2D eigenvalue weighted by atomic mass is 9.94. The molecule has 0 aromatic heterocycles. The van der Waals surface area contributed by atoms with Crippen LogP contribution in [0.1, 0.15) is 30.9 Å². The molecule has 1 aliphatic rings. The maximum Gasteiger partial charge on any atom is 0.123 e. The Morgan fingerprint density at radius 1 is 1.42 bits per heavy atom. The van der Waals surface area contributed by atoms with E-state index in [0.717, 1.165) is 43.6 Å². The third-order valence-corrected chi connectivity index (χ3v) is 4.01. The Bertz CT molecular complexity index is 438. The van der Waals surface area contributed by atoms with Crippen molar-refractivity contribution < 1.29 is 9.13 Å². The number of likely N-dealkylation sites (tertiary alicyclic amines) is 1. The van der Waals surface area contributed by atoms with Crippen LogP contribution in [0, 0.1) is 5.82 Å². The van der Waals surface area contributed by atoms with E-state index >= 15 is 0 Å². The van der Waals surface area contributed by atoms with Crippen molar-refractivity contribution in [3.63, 3.8) is 0 Å². The van der Waals surface area contributed by atoms with Gasteiger partial charge in [-0.1, -0.05) is 6.07 Å². The van der Waals surface area contributed by atoms with E-state index in [4.69, 9.17) is 10.5 Å². The summed E-state index contributed by atoms with van der Waals surface area (Å²) in [5.74, 6) is -0.218. The number of nitrogens with zero attached hydrogens (tertiary/aromatic N) is 1. The number of benzene rings is 1.